The number of benzene rings is 2. The van der Waals surface area contributed by atoms with Crippen LogP contribution in [0.2, 0.25) is 0 Å². The Morgan fingerprint density at radius 1 is 0.824 bits per heavy atom. The summed E-state index contributed by atoms with van der Waals surface area (Å²) in [7, 11) is 1.65. The summed E-state index contributed by atoms with van der Waals surface area (Å²) in [6.45, 7) is 3.54. The summed E-state index contributed by atoms with van der Waals surface area (Å²) in [6.07, 6.45) is 11.6. The van der Waals surface area contributed by atoms with Gasteiger partial charge in [0.05, 0.1) is 6.61 Å². The van der Waals surface area contributed by atoms with Gasteiger partial charge in [0.1, 0.15) is 5.75 Å². The standard InChI is InChI=1S/C28H40N2O4/c1-3-4-5-6-7-8-9-10-20-34-25-17-15-23(16-18-25)28(32)30-26-21-24(27(29)31)14-13-22(26)12-11-19-33-2/h13-18,21H,3-12,19-20H2,1-2H3,(H2,29,31)(H,30,32). The Morgan fingerprint density at radius 3 is 2.12 bits per heavy atom. The van der Waals surface area contributed by atoms with Gasteiger partial charge in [-0.15, -0.1) is 0 Å². The molecule has 0 unspecified atom stereocenters. The molecule has 0 atom stereocenters. The van der Waals surface area contributed by atoms with E-state index in [0.29, 0.717) is 36.4 Å². The van der Waals surface area contributed by atoms with Crippen LogP contribution >= 0.6 is 0 Å². The van der Waals surface area contributed by atoms with Crippen LogP contribution in [0.3, 0.4) is 0 Å². The molecule has 2 amide bonds. The number of ether oxygens (including phenoxy) is 2. The number of anilines is 1. The number of carbonyl (C=O) groups is 2. The molecule has 0 fully saturated rings. The van der Waals surface area contributed by atoms with E-state index >= 15 is 0 Å². The summed E-state index contributed by atoms with van der Waals surface area (Å²) in [5.41, 5.74) is 7.82. The first-order chi connectivity index (χ1) is 16.5. The molecule has 0 radical (unpaired) electrons. The van der Waals surface area contributed by atoms with Gasteiger partial charge in [0.2, 0.25) is 5.91 Å². The minimum absolute atomic E-state index is 0.246. The van der Waals surface area contributed by atoms with E-state index in [1.165, 1.54) is 44.9 Å². The number of methoxy groups -OCH3 is 1. The van der Waals surface area contributed by atoms with Gasteiger partial charge >= 0.3 is 0 Å². The molecule has 6 nitrogen and oxygen atoms in total. The highest BCUT2D eigenvalue weighted by Gasteiger charge is 2.12. The van der Waals surface area contributed by atoms with Crippen molar-refractivity contribution in [1.29, 1.82) is 0 Å². The van der Waals surface area contributed by atoms with Crippen LogP contribution in [-0.2, 0) is 11.2 Å². The summed E-state index contributed by atoms with van der Waals surface area (Å²) >= 11 is 0. The zero-order valence-electron chi connectivity index (χ0n) is 20.7. The van der Waals surface area contributed by atoms with Crippen LogP contribution in [0.5, 0.6) is 5.75 Å². The lowest BCUT2D eigenvalue weighted by Gasteiger charge is -2.13. The lowest BCUT2D eigenvalue weighted by molar-refractivity contribution is 0.0996. The van der Waals surface area contributed by atoms with Gasteiger partial charge in [-0.1, -0.05) is 57.9 Å². The first kappa shape index (κ1) is 27.4. The molecule has 0 saturated heterocycles. The average Bonchev–Trinajstić information content (AvgIpc) is 2.84. The lowest BCUT2D eigenvalue weighted by atomic mass is 10.0. The number of nitrogens with two attached hydrogens (primary N) is 1. The van der Waals surface area contributed by atoms with Crippen LogP contribution < -0.4 is 15.8 Å². The van der Waals surface area contributed by atoms with Crippen LogP contribution in [0.15, 0.2) is 42.5 Å². The fourth-order valence-electron chi connectivity index (χ4n) is 3.79. The van der Waals surface area contributed by atoms with Gasteiger partial charge in [-0.25, -0.2) is 0 Å². The number of amides is 2. The highest BCUT2D eigenvalue weighted by Crippen LogP contribution is 2.21. The summed E-state index contributed by atoms with van der Waals surface area (Å²) in [5, 5.41) is 2.92. The fourth-order valence-corrected chi connectivity index (χ4v) is 3.79. The van der Waals surface area contributed by atoms with Crippen LogP contribution in [0.4, 0.5) is 5.69 Å². The monoisotopic (exact) mass is 468 g/mol. The largest absolute Gasteiger partial charge is 0.494 e. The molecular formula is C28H40N2O4. The van der Waals surface area contributed by atoms with Gasteiger partial charge in [-0.2, -0.15) is 0 Å². The number of carbonyl (C=O) groups excluding carboxylic acids is 2. The van der Waals surface area contributed by atoms with Crippen LogP contribution in [0.25, 0.3) is 0 Å². The lowest BCUT2D eigenvalue weighted by Crippen LogP contribution is -2.16. The molecule has 3 N–H and O–H groups in total. The minimum Gasteiger partial charge on any atom is -0.494 e. The van der Waals surface area contributed by atoms with Gasteiger partial charge in [-0.3, -0.25) is 9.59 Å². The molecule has 0 heterocycles. The summed E-state index contributed by atoms with van der Waals surface area (Å²) in [5.74, 6) is -0.0170. The van der Waals surface area contributed by atoms with E-state index in [9.17, 15) is 9.59 Å². The number of hydrogen-bond acceptors (Lipinski definition) is 4. The van der Waals surface area contributed by atoms with E-state index in [2.05, 4.69) is 12.2 Å². The SMILES string of the molecule is CCCCCCCCCCOc1ccc(C(=O)Nc2cc(C(N)=O)ccc2CCCOC)cc1. The van der Waals surface area contributed by atoms with Gasteiger partial charge in [0, 0.05) is 30.5 Å². The Labute approximate surface area is 204 Å². The van der Waals surface area contributed by atoms with Crippen LogP contribution in [0.1, 0.15) is 91.0 Å². The number of primary amides is 1. The molecule has 2 aromatic rings. The van der Waals surface area contributed by atoms with Crippen molar-refractivity contribution in [3.63, 3.8) is 0 Å². The third-order valence-electron chi connectivity index (χ3n) is 5.82. The molecular weight excluding hydrogens is 428 g/mol. The maximum Gasteiger partial charge on any atom is 0.255 e. The summed E-state index contributed by atoms with van der Waals surface area (Å²) < 4.78 is 10.9. The van der Waals surface area contributed by atoms with Crippen molar-refractivity contribution in [2.45, 2.75) is 71.1 Å². The summed E-state index contributed by atoms with van der Waals surface area (Å²) in [6, 6.07) is 12.3. The average molecular weight is 469 g/mol. The van der Waals surface area contributed by atoms with Gasteiger partial charge < -0.3 is 20.5 Å². The maximum absolute atomic E-state index is 12.8. The van der Waals surface area contributed by atoms with Crippen molar-refractivity contribution in [3.8, 4) is 5.75 Å². The van der Waals surface area contributed by atoms with E-state index in [1.807, 2.05) is 18.2 Å². The van der Waals surface area contributed by atoms with E-state index < -0.39 is 5.91 Å². The molecule has 186 valence electrons. The van der Waals surface area contributed by atoms with Crippen molar-refractivity contribution in [3.05, 3.63) is 59.2 Å². The molecule has 2 rings (SSSR count). The van der Waals surface area contributed by atoms with Gasteiger partial charge in [0.15, 0.2) is 0 Å². The zero-order chi connectivity index (χ0) is 24.6. The summed E-state index contributed by atoms with van der Waals surface area (Å²) in [4.78, 5) is 24.4. The molecule has 0 aliphatic heterocycles. The number of rotatable bonds is 17. The predicted molar refractivity (Wildman–Crippen MR) is 138 cm³/mol. The molecule has 0 aromatic heterocycles. The van der Waals surface area contributed by atoms with Crippen molar-refractivity contribution in [1.82, 2.24) is 0 Å². The highest BCUT2D eigenvalue weighted by molar-refractivity contribution is 6.05. The molecule has 6 heteroatoms. The normalized spacial score (nSPS) is 10.8. The first-order valence-electron chi connectivity index (χ1n) is 12.5. The molecule has 0 bridgehead atoms. The second-order valence-electron chi connectivity index (χ2n) is 8.63. The number of aryl methyl sites for hydroxylation is 1. The zero-order valence-corrected chi connectivity index (χ0v) is 20.7. The smallest absolute Gasteiger partial charge is 0.255 e. The Morgan fingerprint density at radius 2 is 1.47 bits per heavy atom. The highest BCUT2D eigenvalue weighted by atomic mass is 16.5. The first-order valence-corrected chi connectivity index (χ1v) is 12.5. The Hall–Kier alpha value is -2.86. The third kappa shape index (κ3) is 9.96. The molecule has 2 aromatic carbocycles. The van der Waals surface area contributed by atoms with Crippen molar-refractivity contribution >= 4 is 17.5 Å². The topological polar surface area (TPSA) is 90.6 Å². The van der Waals surface area contributed by atoms with Crippen molar-refractivity contribution < 1.29 is 19.1 Å². The molecule has 0 aliphatic rings. The van der Waals surface area contributed by atoms with E-state index in [0.717, 1.165) is 24.2 Å². The van der Waals surface area contributed by atoms with Crippen molar-refractivity contribution in [2.75, 3.05) is 25.6 Å². The van der Waals surface area contributed by atoms with Gasteiger partial charge in [-0.05, 0) is 61.2 Å². The van der Waals surface area contributed by atoms with E-state index in [1.54, 1.807) is 31.4 Å². The minimum atomic E-state index is -0.531. The van der Waals surface area contributed by atoms with Crippen LogP contribution in [0, 0.1) is 0 Å². The van der Waals surface area contributed by atoms with E-state index in [4.69, 9.17) is 15.2 Å². The Bertz CT molecular complexity index is 880. The maximum atomic E-state index is 12.8. The van der Waals surface area contributed by atoms with E-state index in [-0.39, 0.29) is 5.91 Å². The van der Waals surface area contributed by atoms with Crippen molar-refractivity contribution in [2.24, 2.45) is 5.73 Å². The van der Waals surface area contributed by atoms with Crippen LogP contribution in [-0.4, -0.2) is 32.1 Å². The van der Waals surface area contributed by atoms with Gasteiger partial charge in [0.25, 0.3) is 5.91 Å². The molecule has 0 spiro atoms. The Balaban J connectivity index is 1.85. The second-order valence-corrected chi connectivity index (χ2v) is 8.63. The molecule has 34 heavy (non-hydrogen) atoms. The second kappa shape index (κ2) is 15.9. The molecule has 0 aliphatic carbocycles. The quantitative estimate of drug-likeness (QED) is 0.273. The Kier molecular flexibility index (Phi) is 12.8. The molecule has 0 saturated carbocycles. The third-order valence-corrected chi connectivity index (χ3v) is 5.82. The number of nitrogens with one attached hydrogen (secondary N) is 1. The number of hydrogen-bond donors (Lipinski definition) is 2. The predicted octanol–water partition coefficient (Wildman–Crippen LogP) is 6.14. The number of unbranched alkanes of at least 4 members (excludes halogenated alkanes) is 7. The fraction of sp³-hybridized carbons (Fsp3) is 0.500.